The summed E-state index contributed by atoms with van der Waals surface area (Å²) in [5, 5.41) is 0. The van der Waals surface area contributed by atoms with E-state index in [1.165, 1.54) is 29.7 Å². The normalized spacial score (nSPS) is 28.8. The Kier molecular flexibility index (Phi) is 4.43. The molecule has 0 spiro atoms. The molecule has 0 bridgehead atoms. The van der Waals surface area contributed by atoms with Crippen LogP contribution >= 0.6 is 11.3 Å². The lowest BCUT2D eigenvalue weighted by Crippen LogP contribution is -2.47. The number of nitrogens with zero attached hydrogens (tertiary/aromatic N) is 2. The SMILES string of the molecule is C[C@H]1CN(C(=O)c2cc3c(s2)CCCC3)C[C@@H]1N1CCOCC1. The number of amides is 1. The van der Waals surface area contributed by atoms with E-state index >= 15 is 0 Å². The molecule has 23 heavy (non-hydrogen) atoms. The number of aryl methyl sites for hydroxylation is 2. The van der Waals surface area contributed by atoms with E-state index in [1.54, 1.807) is 11.3 Å². The zero-order valence-electron chi connectivity index (χ0n) is 13.9. The number of hydrogen-bond acceptors (Lipinski definition) is 4. The van der Waals surface area contributed by atoms with Crippen molar-refractivity contribution in [2.24, 2.45) is 5.92 Å². The number of hydrogen-bond donors (Lipinski definition) is 0. The minimum absolute atomic E-state index is 0.256. The minimum Gasteiger partial charge on any atom is -0.379 e. The Morgan fingerprint density at radius 2 is 2.00 bits per heavy atom. The van der Waals surface area contributed by atoms with Gasteiger partial charge in [-0.1, -0.05) is 6.92 Å². The number of rotatable bonds is 2. The van der Waals surface area contributed by atoms with E-state index in [1.807, 2.05) is 0 Å². The summed E-state index contributed by atoms with van der Waals surface area (Å²) in [7, 11) is 0. The number of thiophene rings is 1. The Morgan fingerprint density at radius 1 is 1.22 bits per heavy atom. The molecule has 0 aromatic carbocycles. The summed E-state index contributed by atoms with van der Waals surface area (Å²) in [5.74, 6) is 0.804. The van der Waals surface area contributed by atoms with Crippen molar-refractivity contribution in [1.82, 2.24) is 9.80 Å². The van der Waals surface area contributed by atoms with Crippen molar-refractivity contribution < 1.29 is 9.53 Å². The Labute approximate surface area is 142 Å². The molecule has 0 saturated carbocycles. The summed E-state index contributed by atoms with van der Waals surface area (Å²) in [4.78, 5) is 20.0. The predicted octanol–water partition coefficient (Wildman–Crippen LogP) is 2.42. The second-order valence-electron chi connectivity index (χ2n) is 7.17. The van der Waals surface area contributed by atoms with Gasteiger partial charge >= 0.3 is 0 Å². The van der Waals surface area contributed by atoms with Crippen LogP contribution in [0.2, 0.25) is 0 Å². The number of ether oxygens (including phenoxy) is 1. The number of morpholine rings is 1. The fourth-order valence-electron chi connectivity index (χ4n) is 4.25. The van der Waals surface area contributed by atoms with Gasteiger partial charge in [-0.15, -0.1) is 11.3 Å². The lowest BCUT2D eigenvalue weighted by atomic mass is 9.99. The smallest absolute Gasteiger partial charge is 0.264 e. The molecule has 0 radical (unpaired) electrons. The van der Waals surface area contributed by atoms with Gasteiger partial charge < -0.3 is 9.64 Å². The Bertz CT molecular complexity index is 556. The summed E-state index contributed by atoms with van der Waals surface area (Å²) >= 11 is 1.74. The van der Waals surface area contributed by atoms with Gasteiger partial charge in [-0.2, -0.15) is 0 Å². The van der Waals surface area contributed by atoms with E-state index < -0.39 is 0 Å². The van der Waals surface area contributed by atoms with E-state index in [-0.39, 0.29) is 5.91 Å². The van der Waals surface area contributed by atoms with E-state index in [0.717, 1.165) is 50.7 Å². The highest BCUT2D eigenvalue weighted by molar-refractivity contribution is 7.14. The molecule has 1 aromatic heterocycles. The highest BCUT2D eigenvalue weighted by atomic mass is 32.1. The molecule has 4 rings (SSSR count). The molecular formula is C18H26N2O2S. The van der Waals surface area contributed by atoms with E-state index in [9.17, 15) is 4.79 Å². The van der Waals surface area contributed by atoms with Crippen molar-refractivity contribution in [1.29, 1.82) is 0 Å². The Balaban J connectivity index is 1.45. The van der Waals surface area contributed by atoms with Crippen molar-refractivity contribution in [2.45, 2.75) is 38.6 Å². The molecule has 2 aliphatic heterocycles. The Morgan fingerprint density at radius 3 is 2.78 bits per heavy atom. The molecule has 2 atom stereocenters. The average molecular weight is 334 g/mol. The van der Waals surface area contributed by atoms with Gasteiger partial charge in [0.15, 0.2) is 0 Å². The van der Waals surface area contributed by atoms with Crippen molar-refractivity contribution in [3.05, 3.63) is 21.4 Å². The molecule has 3 heterocycles. The van der Waals surface area contributed by atoms with Crippen LogP contribution in [-0.2, 0) is 17.6 Å². The third kappa shape index (κ3) is 3.06. The zero-order valence-corrected chi connectivity index (χ0v) is 14.7. The minimum atomic E-state index is 0.256. The highest BCUT2D eigenvalue weighted by Gasteiger charge is 2.37. The van der Waals surface area contributed by atoms with Crippen LogP contribution in [0.3, 0.4) is 0 Å². The largest absolute Gasteiger partial charge is 0.379 e. The molecule has 1 amide bonds. The van der Waals surface area contributed by atoms with Crippen molar-refractivity contribution in [2.75, 3.05) is 39.4 Å². The second kappa shape index (κ2) is 6.54. The fourth-order valence-corrected chi connectivity index (χ4v) is 5.47. The van der Waals surface area contributed by atoms with Crippen LogP contribution < -0.4 is 0 Å². The van der Waals surface area contributed by atoms with Gasteiger partial charge in [-0.25, -0.2) is 0 Å². The van der Waals surface area contributed by atoms with Crippen LogP contribution in [0.4, 0.5) is 0 Å². The molecule has 1 aromatic rings. The zero-order chi connectivity index (χ0) is 15.8. The van der Waals surface area contributed by atoms with E-state index in [0.29, 0.717) is 12.0 Å². The summed E-state index contributed by atoms with van der Waals surface area (Å²) in [6, 6.07) is 2.67. The maximum atomic E-state index is 12.9. The summed E-state index contributed by atoms with van der Waals surface area (Å²) < 4.78 is 5.46. The topological polar surface area (TPSA) is 32.8 Å². The summed E-state index contributed by atoms with van der Waals surface area (Å²) in [6.07, 6.45) is 4.88. The van der Waals surface area contributed by atoms with Crippen LogP contribution in [0, 0.1) is 5.92 Å². The van der Waals surface area contributed by atoms with Crippen LogP contribution in [-0.4, -0.2) is 61.1 Å². The van der Waals surface area contributed by atoms with Gasteiger partial charge in [0.1, 0.15) is 0 Å². The third-order valence-corrected chi connectivity index (χ3v) is 6.81. The monoisotopic (exact) mass is 334 g/mol. The van der Waals surface area contributed by atoms with Gasteiger partial charge in [-0.3, -0.25) is 9.69 Å². The van der Waals surface area contributed by atoms with Gasteiger partial charge in [0.05, 0.1) is 18.1 Å². The molecule has 5 heteroatoms. The molecule has 126 valence electrons. The Hall–Kier alpha value is -0.910. The van der Waals surface area contributed by atoms with Crippen LogP contribution in [0.1, 0.15) is 39.9 Å². The van der Waals surface area contributed by atoms with Gasteiger partial charge in [0.2, 0.25) is 0 Å². The van der Waals surface area contributed by atoms with Gasteiger partial charge in [0, 0.05) is 37.1 Å². The number of likely N-dealkylation sites (tertiary alicyclic amines) is 1. The lowest BCUT2D eigenvalue weighted by Gasteiger charge is -2.33. The van der Waals surface area contributed by atoms with Crippen molar-refractivity contribution in [3.63, 3.8) is 0 Å². The molecule has 1 aliphatic carbocycles. The first-order valence-electron chi connectivity index (χ1n) is 8.95. The molecule has 2 saturated heterocycles. The summed E-state index contributed by atoms with van der Waals surface area (Å²) in [5.41, 5.74) is 1.43. The number of fused-ring (bicyclic) bond motifs is 1. The van der Waals surface area contributed by atoms with Crippen molar-refractivity contribution in [3.8, 4) is 0 Å². The first kappa shape index (κ1) is 15.6. The van der Waals surface area contributed by atoms with Gasteiger partial charge in [-0.05, 0) is 43.2 Å². The molecule has 0 N–H and O–H groups in total. The van der Waals surface area contributed by atoms with Crippen LogP contribution in [0.5, 0.6) is 0 Å². The average Bonchev–Trinajstić information content (AvgIpc) is 3.18. The first-order valence-corrected chi connectivity index (χ1v) is 9.76. The van der Waals surface area contributed by atoms with Crippen molar-refractivity contribution >= 4 is 17.2 Å². The predicted molar refractivity (Wildman–Crippen MR) is 92.2 cm³/mol. The van der Waals surface area contributed by atoms with E-state index in [2.05, 4.69) is 22.8 Å². The van der Waals surface area contributed by atoms with Crippen LogP contribution in [0.15, 0.2) is 6.07 Å². The second-order valence-corrected chi connectivity index (χ2v) is 8.31. The standard InChI is InChI=1S/C18H26N2O2S/c1-13-11-20(12-15(13)19-6-8-22-9-7-19)18(21)17-10-14-4-2-3-5-16(14)23-17/h10,13,15H,2-9,11-12H2,1H3/t13-,15-/m0/s1. The van der Waals surface area contributed by atoms with E-state index in [4.69, 9.17) is 4.74 Å². The van der Waals surface area contributed by atoms with Gasteiger partial charge in [0.25, 0.3) is 5.91 Å². The summed E-state index contributed by atoms with van der Waals surface area (Å²) in [6.45, 7) is 7.72. The molecule has 4 nitrogen and oxygen atoms in total. The molecule has 3 aliphatic rings. The fraction of sp³-hybridized carbons (Fsp3) is 0.722. The maximum Gasteiger partial charge on any atom is 0.264 e. The first-order chi connectivity index (χ1) is 11.2. The quantitative estimate of drug-likeness (QED) is 0.833. The molecule has 2 fully saturated rings. The molecular weight excluding hydrogens is 308 g/mol. The maximum absolute atomic E-state index is 12.9. The molecule has 0 unspecified atom stereocenters. The lowest BCUT2D eigenvalue weighted by molar-refractivity contribution is 0.0119. The number of carbonyl (C=O) groups is 1. The highest BCUT2D eigenvalue weighted by Crippen LogP contribution is 2.32. The van der Waals surface area contributed by atoms with Crippen LogP contribution in [0.25, 0.3) is 0 Å². The third-order valence-electron chi connectivity index (χ3n) is 5.58. The number of carbonyl (C=O) groups excluding carboxylic acids is 1.